The predicted octanol–water partition coefficient (Wildman–Crippen LogP) is 2.15. The van der Waals surface area contributed by atoms with Crippen molar-refractivity contribution in [3.05, 3.63) is 23.7 Å². The van der Waals surface area contributed by atoms with Gasteiger partial charge in [-0.3, -0.25) is 14.5 Å². The lowest BCUT2D eigenvalue weighted by Gasteiger charge is -2.22. The number of carbonyl (C=O) groups excluding carboxylic acids is 2. The first-order valence-electron chi connectivity index (χ1n) is 10.00. The summed E-state index contributed by atoms with van der Waals surface area (Å²) >= 11 is 0. The third-order valence-corrected chi connectivity index (χ3v) is 5.80. The van der Waals surface area contributed by atoms with Crippen LogP contribution in [0.1, 0.15) is 62.9 Å². The molecule has 1 aromatic heterocycles. The van der Waals surface area contributed by atoms with Gasteiger partial charge in [0.2, 0.25) is 11.8 Å². The van der Waals surface area contributed by atoms with Gasteiger partial charge in [-0.2, -0.15) is 0 Å². The number of hydrogen-bond donors (Lipinski definition) is 2. The third-order valence-electron chi connectivity index (χ3n) is 5.80. The molecule has 2 N–H and O–H groups in total. The molecular formula is C20H29N3O3. The van der Waals surface area contributed by atoms with Crippen LogP contribution in [0.3, 0.4) is 0 Å². The molecule has 6 heteroatoms. The molecule has 2 aliphatic carbocycles. The molecule has 3 fully saturated rings. The lowest BCUT2D eigenvalue weighted by molar-refractivity contribution is -0.129. The second-order valence-corrected chi connectivity index (χ2v) is 8.17. The molecule has 0 spiro atoms. The third kappa shape index (κ3) is 4.29. The highest BCUT2D eigenvalue weighted by Crippen LogP contribution is 2.47. The van der Waals surface area contributed by atoms with E-state index < -0.39 is 6.04 Å². The zero-order valence-corrected chi connectivity index (χ0v) is 15.5. The minimum Gasteiger partial charge on any atom is -0.464 e. The molecular weight excluding hydrogens is 330 g/mol. The molecule has 26 heavy (non-hydrogen) atoms. The van der Waals surface area contributed by atoms with Crippen LogP contribution in [0, 0.1) is 5.92 Å². The highest BCUT2D eigenvalue weighted by atomic mass is 16.3. The zero-order valence-electron chi connectivity index (χ0n) is 15.5. The van der Waals surface area contributed by atoms with E-state index in [1.54, 1.807) is 0 Å². The summed E-state index contributed by atoms with van der Waals surface area (Å²) in [6.45, 7) is 3.94. The largest absolute Gasteiger partial charge is 0.464 e. The molecule has 6 nitrogen and oxygen atoms in total. The van der Waals surface area contributed by atoms with Crippen molar-refractivity contribution in [2.45, 2.75) is 70.0 Å². The van der Waals surface area contributed by atoms with E-state index in [4.69, 9.17) is 4.42 Å². The number of nitrogens with zero attached hydrogens (tertiary/aromatic N) is 1. The Morgan fingerprint density at radius 3 is 2.85 bits per heavy atom. The summed E-state index contributed by atoms with van der Waals surface area (Å²) in [4.78, 5) is 26.7. The highest BCUT2D eigenvalue weighted by molar-refractivity contribution is 5.88. The smallest absolute Gasteiger partial charge is 0.242 e. The van der Waals surface area contributed by atoms with Gasteiger partial charge in [-0.15, -0.1) is 0 Å². The Labute approximate surface area is 154 Å². The fourth-order valence-electron chi connectivity index (χ4n) is 3.85. The number of rotatable bonds is 7. The lowest BCUT2D eigenvalue weighted by Crippen LogP contribution is -2.48. The van der Waals surface area contributed by atoms with Crippen LogP contribution in [-0.4, -0.2) is 41.9 Å². The lowest BCUT2D eigenvalue weighted by atomic mass is 10.1. The molecule has 4 rings (SSSR count). The number of amides is 2. The Kier molecular flexibility index (Phi) is 5.02. The Morgan fingerprint density at radius 2 is 2.12 bits per heavy atom. The molecule has 1 saturated heterocycles. The van der Waals surface area contributed by atoms with Gasteiger partial charge in [-0.25, -0.2) is 0 Å². The molecule has 0 aromatic carbocycles. The molecule has 3 unspecified atom stereocenters. The van der Waals surface area contributed by atoms with Crippen molar-refractivity contribution in [3.8, 4) is 0 Å². The molecule has 3 aliphatic rings. The summed E-state index contributed by atoms with van der Waals surface area (Å²) in [5.41, 5.74) is 0. The second kappa shape index (κ2) is 7.43. The number of carbonyl (C=O) groups is 2. The van der Waals surface area contributed by atoms with E-state index in [1.807, 2.05) is 6.07 Å². The fraction of sp³-hybridized carbons (Fsp3) is 0.700. The second-order valence-electron chi connectivity index (χ2n) is 8.17. The Bertz CT molecular complexity index is 667. The minimum atomic E-state index is -0.391. The topological polar surface area (TPSA) is 74.6 Å². The molecule has 1 aliphatic heterocycles. The normalized spacial score (nSPS) is 28.5. The fourth-order valence-corrected chi connectivity index (χ4v) is 3.85. The van der Waals surface area contributed by atoms with E-state index in [0.29, 0.717) is 31.6 Å². The van der Waals surface area contributed by atoms with Gasteiger partial charge < -0.3 is 15.1 Å². The van der Waals surface area contributed by atoms with Crippen LogP contribution >= 0.6 is 0 Å². The van der Waals surface area contributed by atoms with Crippen LogP contribution in [0.25, 0.3) is 0 Å². The monoisotopic (exact) mass is 359 g/mol. The van der Waals surface area contributed by atoms with E-state index in [0.717, 1.165) is 49.5 Å². The quantitative estimate of drug-likeness (QED) is 0.782. The SMILES string of the molecule is CC1CC1c1ccc(CN(CC(=O)NC2CCCCNC2=O)C2CC2)o1. The van der Waals surface area contributed by atoms with Gasteiger partial charge in [0.05, 0.1) is 13.1 Å². The maximum atomic E-state index is 12.5. The Hall–Kier alpha value is -1.82. The zero-order chi connectivity index (χ0) is 18.1. The predicted molar refractivity (Wildman–Crippen MR) is 97.5 cm³/mol. The molecule has 2 heterocycles. The first kappa shape index (κ1) is 17.6. The van der Waals surface area contributed by atoms with Crippen molar-refractivity contribution in [3.63, 3.8) is 0 Å². The van der Waals surface area contributed by atoms with Gasteiger partial charge in [0, 0.05) is 18.5 Å². The highest BCUT2D eigenvalue weighted by Gasteiger charge is 2.37. The molecule has 1 aromatic rings. The Balaban J connectivity index is 1.32. The van der Waals surface area contributed by atoms with Gasteiger partial charge in [0.15, 0.2) is 0 Å². The molecule has 142 valence electrons. The maximum Gasteiger partial charge on any atom is 0.242 e. The average molecular weight is 359 g/mol. The first-order valence-corrected chi connectivity index (χ1v) is 10.00. The van der Waals surface area contributed by atoms with Crippen LogP contribution in [0.15, 0.2) is 16.5 Å². The molecule has 2 saturated carbocycles. The average Bonchev–Trinajstić information content (AvgIpc) is 3.52. The minimum absolute atomic E-state index is 0.0527. The summed E-state index contributed by atoms with van der Waals surface area (Å²) in [7, 11) is 0. The summed E-state index contributed by atoms with van der Waals surface area (Å²) < 4.78 is 6.01. The van der Waals surface area contributed by atoms with Gasteiger partial charge in [-0.1, -0.05) is 6.92 Å². The van der Waals surface area contributed by atoms with E-state index >= 15 is 0 Å². The van der Waals surface area contributed by atoms with E-state index in [9.17, 15) is 9.59 Å². The van der Waals surface area contributed by atoms with Crippen molar-refractivity contribution in [1.29, 1.82) is 0 Å². The molecule has 0 radical (unpaired) electrons. The maximum absolute atomic E-state index is 12.5. The number of hydrogen-bond acceptors (Lipinski definition) is 4. The Morgan fingerprint density at radius 1 is 1.31 bits per heavy atom. The standard InChI is InChI=1S/C20H29N3O3/c1-13-10-16(13)18-8-7-15(26-18)11-23(14-5-6-14)12-19(24)22-17-4-2-3-9-21-20(17)25/h7-8,13-14,16-17H,2-6,9-12H2,1H3,(H,21,25)(H,22,24). The summed E-state index contributed by atoms with van der Waals surface area (Å²) in [5.74, 6) is 3.21. The van der Waals surface area contributed by atoms with Crippen molar-refractivity contribution in [1.82, 2.24) is 15.5 Å². The molecule has 3 atom stereocenters. The van der Waals surface area contributed by atoms with Crippen molar-refractivity contribution < 1.29 is 14.0 Å². The van der Waals surface area contributed by atoms with Crippen LogP contribution in [0.2, 0.25) is 0 Å². The van der Waals surface area contributed by atoms with E-state index in [1.165, 1.54) is 6.42 Å². The van der Waals surface area contributed by atoms with Gasteiger partial charge >= 0.3 is 0 Å². The number of nitrogens with one attached hydrogen (secondary N) is 2. The molecule has 0 bridgehead atoms. The van der Waals surface area contributed by atoms with Crippen molar-refractivity contribution in [2.75, 3.05) is 13.1 Å². The van der Waals surface area contributed by atoms with Crippen LogP contribution < -0.4 is 10.6 Å². The van der Waals surface area contributed by atoms with Crippen LogP contribution in [-0.2, 0) is 16.1 Å². The van der Waals surface area contributed by atoms with Gasteiger partial charge in [-0.05, 0) is 56.6 Å². The van der Waals surface area contributed by atoms with Crippen LogP contribution in [0.5, 0.6) is 0 Å². The van der Waals surface area contributed by atoms with Gasteiger partial charge in [0.25, 0.3) is 0 Å². The van der Waals surface area contributed by atoms with E-state index in [-0.39, 0.29) is 11.8 Å². The number of furan rings is 1. The van der Waals surface area contributed by atoms with Gasteiger partial charge in [0.1, 0.15) is 17.6 Å². The van der Waals surface area contributed by atoms with E-state index in [2.05, 4.69) is 28.5 Å². The van der Waals surface area contributed by atoms with Crippen LogP contribution in [0.4, 0.5) is 0 Å². The molecule has 2 amide bonds. The summed E-state index contributed by atoms with van der Waals surface area (Å²) in [6.07, 6.45) is 6.14. The summed E-state index contributed by atoms with van der Waals surface area (Å²) in [6, 6.07) is 4.20. The van der Waals surface area contributed by atoms with Crippen molar-refractivity contribution in [2.24, 2.45) is 5.92 Å². The van der Waals surface area contributed by atoms with Crippen molar-refractivity contribution >= 4 is 11.8 Å². The first-order chi connectivity index (χ1) is 12.6. The summed E-state index contributed by atoms with van der Waals surface area (Å²) in [5, 5.41) is 5.79.